The Bertz CT molecular complexity index is 448. The van der Waals surface area contributed by atoms with Gasteiger partial charge >= 0.3 is 0 Å². The summed E-state index contributed by atoms with van der Waals surface area (Å²) in [4.78, 5) is 0. The smallest absolute Gasteiger partial charge is 0.120 e. The molecule has 3 nitrogen and oxygen atoms in total. The van der Waals surface area contributed by atoms with E-state index in [9.17, 15) is 0 Å². The van der Waals surface area contributed by atoms with Crippen molar-refractivity contribution < 1.29 is 4.74 Å². The summed E-state index contributed by atoms with van der Waals surface area (Å²) < 4.78 is 6.06. The van der Waals surface area contributed by atoms with Crippen molar-refractivity contribution in [1.29, 1.82) is 0 Å². The van der Waals surface area contributed by atoms with Crippen molar-refractivity contribution in [3.63, 3.8) is 0 Å². The van der Waals surface area contributed by atoms with Crippen LogP contribution in [0.4, 0.5) is 0 Å². The normalized spacial score (nSPS) is 26.3. The van der Waals surface area contributed by atoms with Crippen molar-refractivity contribution in [3.05, 3.63) is 35.5 Å². The fraction of sp³-hybridized carbons (Fsp3) is 0.467. The molecule has 0 radical (unpaired) electrons. The molecule has 3 rings (SSSR count). The van der Waals surface area contributed by atoms with Crippen molar-refractivity contribution in [2.45, 2.75) is 44.4 Å². The average molecular weight is 244 g/mol. The first-order valence-corrected chi connectivity index (χ1v) is 6.76. The van der Waals surface area contributed by atoms with Gasteiger partial charge in [-0.25, -0.2) is 0 Å². The van der Waals surface area contributed by atoms with Gasteiger partial charge in [-0.1, -0.05) is 6.07 Å². The molecule has 1 aliphatic carbocycles. The Morgan fingerprint density at radius 3 is 2.83 bits per heavy atom. The molecule has 0 amide bonds. The first-order chi connectivity index (χ1) is 8.81. The summed E-state index contributed by atoms with van der Waals surface area (Å²) in [5, 5.41) is 3.21. The zero-order valence-corrected chi connectivity index (χ0v) is 10.6. The summed E-state index contributed by atoms with van der Waals surface area (Å²) in [6, 6.07) is 6.74. The lowest BCUT2D eigenvalue weighted by molar-refractivity contribution is 0.147. The van der Waals surface area contributed by atoms with Gasteiger partial charge in [0.2, 0.25) is 0 Å². The van der Waals surface area contributed by atoms with Gasteiger partial charge in [-0.15, -0.1) is 0 Å². The molecule has 2 aliphatic rings. The molecule has 0 spiro atoms. The Morgan fingerprint density at radius 1 is 1.17 bits per heavy atom. The van der Waals surface area contributed by atoms with Crippen LogP contribution in [0.3, 0.4) is 0 Å². The van der Waals surface area contributed by atoms with E-state index in [4.69, 9.17) is 10.5 Å². The summed E-state index contributed by atoms with van der Waals surface area (Å²) >= 11 is 0. The van der Waals surface area contributed by atoms with Crippen molar-refractivity contribution >= 4 is 6.08 Å². The van der Waals surface area contributed by atoms with Crippen molar-refractivity contribution in [3.8, 4) is 5.75 Å². The summed E-state index contributed by atoms with van der Waals surface area (Å²) in [5.74, 6) is 0.987. The van der Waals surface area contributed by atoms with E-state index in [0.717, 1.165) is 38.0 Å². The number of hydrogen-bond donors (Lipinski definition) is 2. The molecule has 18 heavy (non-hydrogen) atoms. The molecule has 1 heterocycles. The van der Waals surface area contributed by atoms with Crippen LogP contribution in [0.1, 0.15) is 36.8 Å². The lowest BCUT2D eigenvalue weighted by Crippen LogP contribution is -2.31. The van der Waals surface area contributed by atoms with E-state index in [1.165, 1.54) is 11.1 Å². The molecule has 0 unspecified atom stereocenters. The topological polar surface area (TPSA) is 47.3 Å². The van der Waals surface area contributed by atoms with E-state index in [2.05, 4.69) is 29.6 Å². The van der Waals surface area contributed by atoms with Crippen LogP contribution in [0.2, 0.25) is 0 Å². The SMILES string of the molecule is NC1CCC(Oc2ccc3c(c2)C=CNC3)CC1. The molecule has 0 saturated heterocycles. The third-order valence-electron chi connectivity index (χ3n) is 3.81. The standard InChI is InChI=1S/C15H20N2O/c16-13-2-5-14(6-3-13)18-15-4-1-12-10-17-8-7-11(12)9-15/h1,4,7-9,13-14,17H,2-3,5-6,10,16H2. The van der Waals surface area contributed by atoms with Crippen LogP contribution in [0, 0.1) is 0 Å². The highest BCUT2D eigenvalue weighted by Gasteiger charge is 2.20. The number of benzene rings is 1. The Hall–Kier alpha value is -1.48. The zero-order valence-electron chi connectivity index (χ0n) is 10.6. The molecule has 3 N–H and O–H groups in total. The van der Waals surface area contributed by atoms with Crippen molar-refractivity contribution in [1.82, 2.24) is 5.32 Å². The van der Waals surface area contributed by atoms with E-state index in [1.807, 2.05) is 6.20 Å². The molecule has 0 aromatic heterocycles. The second kappa shape index (κ2) is 5.02. The molecule has 1 aliphatic heterocycles. The molecular weight excluding hydrogens is 224 g/mol. The van der Waals surface area contributed by atoms with E-state index in [-0.39, 0.29) is 0 Å². The minimum Gasteiger partial charge on any atom is -0.490 e. The highest BCUT2D eigenvalue weighted by Crippen LogP contribution is 2.26. The Labute approximate surface area is 108 Å². The summed E-state index contributed by atoms with van der Waals surface area (Å²) in [7, 11) is 0. The maximum atomic E-state index is 6.06. The van der Waals surface area contributed by atoms with Gasteiger partial charge in [-0.2, -0.15) is 0 Å². The van der Waals surface area contributed by atoms with Crippen LogP contribution in [0.15, 0.2) is 24.4 Å². The number of rotatable bonds is 2. The molecule has 1 aromatic rings. The highest BCUT2D eigenvalue weighted by atomic mass is 16.5. The monoisotopic (exact) mass is 244 g/mol. The lowest BCUT2D eigenvalue weighted by Gasteiger charge is -2.27. The van der Waals surface area contributed by atoms with E-state index < -0.39 is 0 Å². The first kappa shape index (κ1) is 11.6. The van der Waals surface area contributed by atoms with Crippen LogP contribution in [0.25, 0.3) is 6.08 Å². The quantitative estimate of drug-likeness (QED) is 0.840. The fourth-order valence-electron chi connectivity index (χ4n) is 2.68. The molecular formula is C15H20N2O. The predicted octanol–water partition coefficient (Wildman–Crippen LogP) is 2.41. The third-order valence-corrected chi connectivity index (χ3v) is 3.81. The van der Waals surface area contributed by atoms with Crippen LogP contribution in [-0.2, 0) is 6.54 Å². The molecule has 1 aromatic carbocycles. The van der Waals surface area contributed by atoms with Gasteiger partial charge in [0.25, 0.3) is 0 Å². The predicted molar refractivity (Wildman–Crippen MR) is 73.2 cm³/mol. The largest absolute Gasteiger partial charge is 0.490 e. The Morgan fingerprint density at radius 2 is 2.00 bits per heavy atom. The molecule has 0 bridgehead atoms. The van der Waals surface area contributed by atoms with Crippen molar-refractivity contribution in [2.24, 2.45) is 5.73 Å². The Balaban J connectivity index is 1.68. The summed E-state index contributed by atoms with van der Waals surface area (Å²) in [6.07, 6.45) is 8.76. The van der Waals surface area contributed by atoms with E-state index in [0.29, 0.717) is 12.1 Å². The zero-order chi connectivity index (χ0) is 12.4. The van der Waals surface area contributed by atoms with Crippen LogP contribution in [0.5, 0.6) is 5.75 Å². The van der Waals surface area contributed by atoms with Crippen LogP contribution in [-0.4, -0.2) is 12.1 Å². The highest BCUT2D eigenvalue weighted by molar-refractivity contribution is 5.57. The fourth-order valence-corrected chi connectivity index (χ4v) is 2.68. The summed E-state index contributed by atoms with van der Waals surface area (Å²) in [6.45, 7) is 0.907. The van der Waals surface area contributed by atoms with E-state index in [1.54, 1.807) is 0 Å². The maximum absolute atomic E-state index is 6.06. The number of hydrogen-bond acceptors (Lipinski definition) is 3. The maximum Gasteiger partial charge on any atom is 0.120 e. The number of nitrogens with one attached hydrogen (secondary N) is 1. The summed E-state index contributed by atoms with van der Waals surface area (Å²) in [5.41, 5.74) is 8.50. The second-order valence-corrected chi connectivity index (χ2v) is 5.23. The minimum absolute atomic E-state index is 0.341. The van der Waals surface area contributed by atoms with Crippen LogP contribution >= 0.6 is 0 Å². The van der Waals surface area contributed by atoms with Crippen LogP contribution < -0.4 is 15.8 Å². The average Bonchev–Trinajstić information content (AvgIpc) is 2.41. The first-order valence-electron chi connectivity index (χ1n) is 6.76. The molecule has 96 valence electrons. The van der Waals surface area contributed by atoms with Gasteiger partial charge in [0, 0.05) is 12.6 Å². The lowest BCUT2D eigenvalue weighted by atomic mass is 9.93. The number of fused-ring (bicyclic) bond motifs is 1. The van der Waals surface area contributed by atoms with E-state index >= 15 is 0 Å². The van der Waals surface area contributed by atoms with Gasteiger partial charge in [0.15, 0.2) is 0 Å². The number of nitrogens with two attached hydrogens (primary N) is 1. The Kier molecular flexibility index (Phi) is 3.24. The van der Waals surface area contributed by atoms with Crippen molar-refractivity contribution in [2.75, 3.05) is 0 Å². The van der Waals surface area contributed by atoms with Gasteiger partial charge in [0.05, 0.1) is 6.10 Å². The number of ether oxygens (including phenoxy) is 1. The molecule has 1 fully saturated rings. The van der Waals surface area contributed by atoms with Gasteiger partial charge in [0.1, 0.15) is 5.75 Å². The molecule has 3 heteroatoms. The third kappa shape index (κ3) is 2.51. The minimum atomic E-state index is 0.341. The van der Waals surface area contributed by atoms with Gasteiger partial charge in [-0.05, 0) is 61.2 Å². The molecule has 1 saturated carbocycles. The molecule has 0 atom stereocenters. The second-order valence-electron chi connectivity index (χ2n) is 5.23. The van der Waals surface area contributed by atoms with Gasteiger partial charge in [-0.3, -0.25) is 0 Å². The van der Waals surface area contributed by atoms with Gasteiger partial charge < -0.3 is 15.8 Å².